The minimum Gasteiger partial charge on any atom is -0.379 e. The van der Waals surface area contributed by atoms with E-state index >= 15 is 0 Å². The molecule has 2 atom stereocenters. The molecule has 1 N–H and O–H groups in total. The van der Waals surface area contributed by atoms with Crippen molar-refractivity contribution in [1.29, 1.82) is 0 Å². The van der Waals surface area contributed by atoms with E-state index in [9.17, 15) is 9.59 Å². The number of nitrogens with zero attached hydrogens (tertiary/aromatic N) is 4. The summed E-state index contributed by atoms with van der Waals surface area (Å²) >= 11 is 0. The Bertz CT molecular complexity index is 706. The summed E-state index contributed by atoms with van der Waals surface area (Å²) in [5, 5.41) is 2.82. The molecule has 3 fully saturated rings. The summed E-state index contributed by atoms with van der Waals surface area (Å²) in [5.41, 5.74) is 1.33. The molecular formula is C19H27N5O3. The lowest BCUT2D eigenvalue weighted by molar-refractivity contribution is -0.120. The van der Waals surface area contributed by atoms with Gasteiger partial charge in [0.25, 0.3) is 5.91 Å². The molecule has 3 aliphatic rings. The summed E-state index contributed by atoms with van der Waals surface area (Å²) in [6.07, 6.45) is 2.65. The molecule has 8 heteroatoms. The Morgan fingerprint density at radius 2 is 2.07 bits per heavy atom. The maximum absolute atomic E-state index is 13.1. The van der Waals surface area contributed by atoms with Crippen molar-refractivity contribution in [2.75, 3.05) is 57.4 Å². The number of pyridine rings is 1. The average molecular weight is 373 g/mol. The van der Waals surface area contributed by atoms with Gasteiger partial charge >= 0.3 is 0 Å². The van der Waals surface area contributed by atoms with Gasteiger partial charge in [-0.15, -0.1) is 0 Å². The molecule has 27 heavy (non-hydrogen) atoms. The number of piperazine rings is 1. The molecule has 4 heterocycles. The molecule has 0 aromatic carbocycles. The van der Waals surface area contributed by atoms with Crippen molar-refractivity contribution in [3.05, 3.63) is 24.0 Å². The van der Waals surface area contributed by atoms with Crippen LogP contribution in [0.2, 0.25) is 0 Å². The summed E-state index contributed by atoms with van der Waals surface area (Å²) in [5.74, 6) is -0.0194. The number of morpholine rings is 1. The van der Waals surface area contributed by atoms with Crippen LogP contribution in [0.3, 0.4) is 0 Å². The predicted molar refractivity (Wildman–Crippen MR) is 101 cm³/mol. The first-order valence-electron chi connectivity index (χ1n) is 9.74. The highest BCUT2D eigenvalue weighted by atomic mass is 16.5. The molecule has 2 amide bonds. The molecule has 0 radical (unpaired) electrons. The van der Waals surface area contributed by atoms with Crippen LogP contribution >= 0.6 is 0 Å². The van der Waals surface area contributed by atoms with Crippen LogP contribution in [0.25, 0.3) is 0 Å². The number of hydrogen-bond donors (Lipinski definition) is 1. The molecule has 0 bridgehead atoms. The van der Waals surface area contributed by atoms with Gasteiger partial charge in [-0.1, -0.05) is 0 Å². The van der Waals surface area contributed by atoms with E-state index < -0.39 is 0 Å². The zero-order valence-corrected chi connectivity index (χ0v) is 15.8. The Hall–Kier alpha value is -2.19. The Labute approximate surface area is 159 Å². The third kappa shape index (κ3) is 3.77. The molecule has 8 nitrogen and oxygen atoms in total. The van der Waals surface area contributed by atoms with E-state index in [1.807, 2.05) is 21.9 Å². The molecule has 1 aromatic rings. The third-order valence-corrected chi connectivity index (χ3v) is 5.86. The second-order valence-electron chi connectivity index (χ2n) is 7.41. The maximum Gasteiger partial charge on any atom is 0.272 e. The van der Waals surface area contributed by atoms with Crippen LogP contribution in [0.5, 0.6) is 0 Å². The van der Waals surface area contributed by atoms with E-state index in [1.165, 1.54) is 0 Å². The molecule has 3 saturated heterocycles. The van der Waals surface area contributed by atoms with Crippen LogP contribution < -0.4 is 10.2 Å². The number of nitrogens with one attached hydrogen (secondary N) is 1. The Morgan fingerprint density at radius 1 is 1.26 bits per heavy atom. The highest BCUT2D eigenvalue weighted by Gasteiger charge is 2.38. The van der Waals surface area contributed by atoms with E-state index in [1.54, 1.807) is 6.20 Å². The van der Waals surface area contributed by atoms with Crippen molar-refractivity contribution >= 4 is 17.5 Å². The van der Waals surface area contributed by atoms with Crippen LogP contribution in [0.4, 0.5) is 5.69 Å². The first kappa shape index (κ1) is 18.2. The van der Waals surface area contributed by atoms with Crippen LogP contribution in [-0.2, 0) is 9.53 Å². The van der Waals surface area contributed by atoms with Gasteiger partial charge in [-0.25, -0.2) is 0 Å². The zero-order chi connectivity index (χ0) is 18.8. The van der Waals surface area contributed by atoms with Crippen LogP contribution in [0.1, 0.15) is 23.8 Å². The van der Waals surface area contributed by atoms with E-state index in [4.69, 9.17) is 4.74 Å². The quantitative estimate of drug-likeness (QED) is 0.801. The smallest absolute Gasteiger partial charge is 0.272 e. The molecule has 4 rings (SSSR count). The van der Waals surface area contributed by atoms with Crippen LogP contribution in [0, 0.1) is 0 Å². The number of hydrogen-bond acceptors (Lipinski definition) is 6. The van der Waals surface area contributed by atoms with Crippen molar-refractivity contribution in [3.8, 4) is 0 Å². The van der Waals surface area contributed by atoms with E-state index in [2.05, 4.69) is 22.1 Å². The first-order valence-corrected chi connectivity index (χ1v) is 9.74. The van der Waals surface area contributed by atoms with Crippen molar-refractivity contribution in [3.63, 3.8) is 0 Å². The van der Waals surface area contributed by atoms with E-state index in [-0.39, 0.29) is 17.9 Å². The van der Waals surface area contributed by atoms with Crippen LogP contribution in [0.15, 0.2) is 18.3 Å². The molecule has 146 valence electrons. The lowest BCUT2D eigenvalue weighted by atomic mass is 10.1. The second-order valence-corrected chi connectivity index (χ2v) is 7.41. The van der Waals surface area contributed by atoms with Gasteiger partial charge in [-0.05, 0) is 25.5 Å². The minimum atomic E-state index is -0.0263. The van der Waals surface area contributed by atoms with Gasteiger partial charge < -0.3 is 19.9 Å². The lowest BCUT2D eigenvalue weighted by Crippen LogP contribution is -2.49. The van der Waals surface area contributed by atoms with Gasteiger partial charge in [0.1, 0.15) is 5.69 Å². The average Bonchev–Trinajstić information content (AvgIpc) is 3.09. The largest absolute Gasteiger partial charge is 0.379 e. The fraction of sp³-hybridized carbons (Fsp3) is 0.632. The van der Waals surface area contributed by atoms with Gasteiger partial charge in [0.05, 0.1) is 19.8 Å². The number of carbonyl (C=O) groups is 2. The lowest BCUT2D eigenvalue weighted by Gasteiger charge is -2.35. The van der Waals surface area contributed by atoms with Crippen molar-refractivity contribution in [1.82, 2.24) is 20.1 Å². The van der Waals surface area contributed by atoms with Crippen molar-refractivity contribution in [2.45, 2.75) is 25.4 Å². The number of anilines is 1. The minimum absolute atomic E-state index is 0.00690. The SMILES string of the molecule is C[C@@H]1[C@H](N2CCOCC2)CCN1C(=O)c1cc(N2CCNC(=O)C2)ccn1. The number of amides is 2. The van der Waals surface area contributed by atoms with Gasteiger partial charge in [0, 0.05) is 56.7 Å². The van der Waals surface area contributed by atoms with Gasteiger partial charge in [0.2, 0.25) is 5.91 Å². The summed E-state index contributed by atoms with van der Waals surface area (Å²) < 4.78 is 5.45. The van der Waals surface area contributed by atoms with Crippen LogP contribution in [-0.4, -0.2) is 91.2 Å². The van der Waals surface area contributed by atoms with E-state index in [0.29, 0.717) is 24.8 Å². The monoisotopic (exact) mass is 373 g/mol. The summed E-state index contributed by atoms with van der Waals surface area (Å²) in [7, 11) is 0. The Balaban J connectivity index is 1.46. The van der Waals surface area contributed by atoms with Crippen molar-refractivity contribution in [2.24, 2.45) is 0 Å². The molecule has 1 aromatic heterocycles. The molecule has 0 spiro atoms. The second kappa shape index (κ2) is 7.82. The summed E-state index contributed by atoms with van der Waals surface area (Å²) in [6.45, 7) is 7.95. The molecule has 0 aliphatic carbocycles. The Kier molecular flexibility index (Phi) is 5.27. The van der Waals surface area contributed by atoms with Crippen molar-refractivity contribution < 1.29 is 14.3 Å². The zero-order valence-electron chi connectivity index (χ0n) is 15.8. The van der Waals surface area contributed by atoms with Gasteiger partial charge in [-0.3, -0.25) is 19.5 Å². The number of likely N-dealkylation sites (tertiary alicyclic amines) is 1. The normalized spacial score (nSPS) is 26.9. The molecule has 3 aliphatic heterocycles. The number of ether oxygens (including phenoxy) is 1. The predicted octanol–water partition coefficient (Wildman–Crippen LogP) is -0.0470. The number of rotatable bonds is 3. The summed E-state index contributed by atoms with van der Waals surface area (Å²) in [4.78, 5) is 35.4. The van der Waals surface area contributed by atoms with Gasteiger partial charge in [-0.2, -0.15) is 0 Å². The first-order chi connectivity index (χ1) is 13.1. The Morgan fingerprint density at radius 3 is 2.85 bits per heavy atom. The number of aromatic nitrogens is 1. The number of carbonyl (C=O) groups excluding carboxylic acids is 2. The topological polar surface area (TPSA) is 78.0 Å². The summed E-state index contributed by atoms with van der Waals surface area (Å²) in [6, 6.07) is 4.21. The fourth-order valence-corrected chi connectivity index (χ4v) is 4.35. The van der Waals surface area contributed by atoms with E-state index in [0.717, 1.165) is 51.5 Å². The third-order valence-electron chi connectivity index (χ3n) is 5.86. The highest BCUT2D eigenvalue weighted by Crippen LogP contribution is 2.26. The highest BCUT2D eigenvalue weighted by molar-refractivity contribution is 5.94. The standard InChI is InChI=1S/C19H27N5O3/c1-14-17(22-8-10-27-11-9-22)3-6-24(14)19(26)16-12-15(2-4-20-16)23-7-5-21-18(25)13-23/h2,4,12,14,17H,3,5-11,13H2,1H3,(H,21,25)/t14-,17-/m1/s1. The molecule has 0 saturated carbocycles. The molecule has 0 unspecified atom stereocenters. The van der Waals surface area contributed by atoms with Gasteiger partial charge in [0.15, 0.2) is 0 Å². The maximum atomic E-state index is 13.1. The fourth-order valence-electron chi connectivity index (χ4n) is 4.35. The molecular weight excluding hydrogens is 346 g/mol.